The van der Waals surface area contributed by atoms with Crippen LogP contribution < -0.4 is 0 Å². The Kier molecular flexibility index (Phi) is 5.64. The SMILES string of the molecule is O=[N+]([O-])C1(c2ccccc2CBr)C=CC(F)=CC1OCc1ccccc1. The molecular weight excluding hydrogens is 401 g/mol. The largest absolute Gasteiger partial charge is 0.361 e. The first-order valence-corrected chi connectivity index (χ1v) is 9.21. The van der Waals surface area contributed by atoms with Crippen molar-refractivity contribution < 1.29 is 14.1 Å². The Morgan fingerprint density at radius 1 is 1.15 bits per heavy atom. The first kappa shape index (κ1) is 18.5. The summed E-state index contributed by atoms with van der Waals surface area (Å²) in [4.78, 5) is 11.8. The highest BCUT2D eigenvalue weighted by Gasteiger charge is 2.53. The number of nitro groups is 1. The predicted octanol–water partition coefficient (Wildman–Crippen LogP) is 5.06. The van der Waals surface area contributed by atoms with Gasteiger partial charge in [-0.25, -0.2) is 4.39 Å². The van der Waals surface area contributed by atoms with Gasteiger partial charge in [0.2, 0.25) is 0 Å². The summed E-state index contributed by atoms with van der Waals surface area (Å²) in [5, 5.41) is 12.6. The molecule has 0 amide bonds. The molecule has 134 valence electrons. The van der Waals surface area contributed by atoms with Gasteiger partial charge in [-0.2, -0.15) is 0 Å². The highest BCUT2D eigenvalue weighted by Crippen LogP contribution is 2.39. The first-order chi connectivity index (χ1) is 12.6. The van der Waals surface area contributed by atoms with Crippen LogP contribution in [0.5, 0.6) is 0 Å². The van der Waals surface area contributed by atoms with Crippen LogP contribution in [0.1, 0.15) is 16.7 Å². The van der Waals surface area contributed by atoms with Crippen LogP contribution in [-0.2, 0) is 22.2 Å². The van der Waals surface area contributed by atoms with E-state index in [0.29, 0.717) is 10.9 Å². The van der Waals surface area contributed by atoms with Crippen molar-refractivity contribution in [1.82, 2.24) is 0 Å². The molecule has 0 N–H and O–H groups in total. The van der Waals surface area contributed by atoms with Crippen molar-refractivity contribution in [2.45, 2.75) is 23.6 Å². The minimum Gasteiger partial charge on any atom is -0.361 e. The van der Waals surface area contributed by atoms with E-state index in [4.69, 9.17) is 4.74 Å². The van der Waals surface area contributed by atoms with Gasteiger partial charge in [-0.15, -0.1) is 0 Å². The Balaban J connectivity index is 2.03. The standard InChI is InChI=1S/C20H17BrFNO3/c21-13-16-8-4-5-9-18(16)20(23(24)25)11-10-17(22)12-19(20)26-14-15-6-2-1-3-7-15/h1-12,19H,13-14H2. The molecule has 6 heteroatoms. The molecule has 4 nitrogen and oxygen atoms in total. The lowest BCUT2D eigenvalue weighted by atomic mass is 9.79. The van der Waals surface area contributed by atoms with Crippen LogP contribution in [0.2, 0.25) is 0 Å². The molecule has 0 fully saturated rings. The van der Waals surface area contributed by atoms with Crippen molar-refractivity contribution in [3.8, 4) is 0 Å². The Morgan fingerprint density at radius 2 is 1.85 bits per heavy atom. The molecule has 2 unspecified atom stereocenters. The Hall–Kier alpha value is -2.31. The molecule has 0 saturated heterocycles. The van der Waals surface area contributed by atoms with Gasteiger partial charge in [0.15, 0.2) is 6.10 Å². The number of alkyl halides is 1. The lowest BCUT2D eigenvalue weighted by Crippen LogP contribution is -2.47. The number of hydrogen-bond acceptors (Lipinski definition) is 3. The topological polar surface area (TPSA) is 52.4 Å². The fourth-order valence-electron chi connectivity index (χ4n) is 3.10. The number of allylic oxidation sites excluding steroid dienone is 2. The lowest BCUT2D eigenvalue weighted by molar-refractivity contribution is -0.576. The second-order valence-corrected chi connectivity index (χ2v) is 6.54. The van der Waals surface area contributed by atoms with Gasteiger partial charge < -0.3 is 4.74 Å². The smallest absolute Gasteiger partial charge is 0.295 e. The molecule has 3 rings (SSSR count). The minimum atomic E-state index is -1.69. The van der Waals surface area contributed by atoms with Crippen molar-refractivity contribution in [2.24, 2.45) is 0 Å². The van der Waals surface area contributed by atoms with Crippen molar-refractivity contribution in [2.75, 3.05) is 0 Å². The summed E-state index contributed by atoms with van der Waals surface area (Å²) in [5.41, 5.74) is 0.425. The van der Waals surface area contributed by atoms with E-state index < -0.39 is 22.4 Å². The first-order valence-electron chi connectivity index (χ1n) is 8.09. The van der Waals surface area contributed by atoms with E-state index in [9.17, 15) is 14.5 Å². The van der Waals surface area contributed by atoms with Crippen molar-refractivity contribution in [1.29, 1.82) is 0 Å². The monoisotopic (exact) mass is 417 g/mol. The third-order valence-corrected chi connectivity index (χ3v) is 5.01. The zero-order valence-corrected chi connectivity index (χ0v) is 15.4. The highest BCUT2D eigenvalue weighted by atomic mass is 79.9. The molecule has 0 bridgehead atoms. The summed E-state index contributed by atoms with van der Waals surface area (Å²) in [7, 11) is 0. The van der Waals surface area contributed by atoms with Gasteiger partial charge in [0, 0.05) is 21.9 Å². The van der Waals surface area contributed by atoms with E-state index in [2.05, 4.69) is 15.9 Å². The number of ether oxygens (including phenoxy) is 1. The second kappa shape index (κ2) is 7.93. The number of halogens is 2. The van der Waals surface area contributed by atoms with Crippen LogP contribution in [0.4, 0.5) is 4.39 Å². The van der Waals surface area contributed by atoms with E-state index >= 15 is 0 Å². The average Bonchev–Trinajstić information content (AvgIpc) is 2.67. The predicted molar refractivity (Wildman–Crippen MR) is 101 cm³/mol. The zero-order valence-electron chi connectivity index (χ0n) is 13.8. The van der Waals surface area contributed by atoms with Crippen molar-refractivity contribution >= 4 is 15.9 Å². The van der Waals surface area contributed by atoms with Crippen LogP contribution in [0.25, 0.3) is 0 Å². The summed E-state index contributed by atoms with van der Waals surface area (Å²) in [6.07, 6.45) is 2.54. The van der Waals surface area contributed by atoms with E-state index in [0.717, 1.165) is 17.2 Å². The molecule has 0 spiro atoms. The second-order valence-electron chi connectivity index (χ2n) is 5.98. The van der Waals surface area contributed by atoms with Crippen LogP contribution >= 0.6 is 15.9 Å². The molecule has 0 aromatic heterocycles. The normalized spacial score (nSPS) is 22.1. The molecule has 0 heterocycles. The minimum absolute atomic E-state index is 0.148. The molecule has 2 aromatic rings. The molecule has 1 aliphatic rings. The Morgan fingerprint density at radius 3 is 2.54 bits per heavy atom. The maximum absolute atomic E-state index is 13.9. The van der Waals surface area contributed by atoms with E-state index in [-0.39, 0.29) is 6.61 Å². The summed E-state index contributed by atoms with van der Waals surface area (Å²) < 4.78 is 19.8. The Bertz CT molecular complexity index is 853. The molecule has 0 aliphatic heterocycles. The summed E-state index contributed by atoms with van der Waals surface area (Å²) in [6, 6.07) is 16.4. The lowest BCUT2D eigenvalue weighted by Gasteiger charge is -2.32. The summed E-state index contributed by atoms with van der Waals surface area (Å²) in [6.45, 7) is 0.148. The van der Waals surface area contributed by atoms with Gasteiger partial charge in [-0.05, 0) is 23.3 Å². The van der Waals surface area contributed by atoms with Crippen LogP contribution in [0, 0.1) is 10.1 Å². The van der Waals surface area contributed by atoms with Crippen molar-refractivity contribution in [3.63, 3.8) is 0 Å². The third kappa shape index (κ3) is 3.48. The summed E-state index contributed by atoms with van der Waals surface area (Å²) in [5.74, 6) is -0.545. The quantitative estimate of drug-likeness (QED) is 0.374. The highest BCUT2D eigenvalue weighted by molar-refractivity contribution is 9.08. The van der Waals surface area contributed by atoms with E-state index in [1.807, 2.05) is 42.5 Å². The average molecular weight is 418 g/mol. The molecule has 0 radical (unpaired) electrons. The van der Waals surface area contributed by atoms with Gasteiger partial charge in [-0.3, -0.25) is 10.1 Å². The zero-order chi connectivity index (χ0) is 18.6. The molecular formula is C20H17BrFNO3. The van der Waals surface area contributed by atoms with Crippen LogP contribution in [0.15, 0.2) is 78.7 Å². The summed E-state index contributed by atoms with van der Waals surface area (Å²) >= 11 is 3.38. The number of benzene rings is 2. The van der Waals surface area contributed by atoms with E-state index in [1.165, 1.54) is 12.2 Å². The van der Waals surface area contributed by atoms with Gasteiger partial charge in [0.25, 0.3) is 5.54 Å². The molecule has 1 aliphatic carbocycles. The van der Waals surface area contributed by atoms with Gasteiger partial charge >= 0.3 is 0 Å². The fraction of sp³-hybridized carbons (Fsp3) is 0.200. The number of nitrogens with zero attached hydrogens (tertiary/aromatic N) is 1. The van der Waals surface area contributed by atoms with Gasteiger partial charge in [-0.1, -0.05) is 70.5 Å². The van der Waals surface area contributed by atoms with Crippen LogP contribution in [-0.4, -0.2) is 11.0 Å². The van der Waals surface area contributed by atoms with E-state index in [1.54, 1.807) is 12.1 Å². The van der Waals surface area contributed by atoms with Crippen molar-refractivity contribution in [3.05, 3.63) is 105 Å². The number of hydrogen-bond donors (Lipinski definition) is 0. The molecule has 2 atom stereocenters. The third-order valence-electron chi connectivity index (χ3n) is 4.41. The van der Waals surface area contributed by atoms with Crippen LogP contribution in [0.3, 0.4) is 0 Å². The molecule has 2 aromatic carbocycles. The maximum atomic E-state index is 13.9. The maximum Gasteiger partial charge on any atom is 0.295 e. The van der Waals surface area contributed by atoms with Gasteiger partial charge in [0.1, 0.15) is 5.83 Å². The van der Waals surface area contributed by atoms with Gasteiger partial charge in [0.05, 0.1) is 6.61 Å². The fourth-order valence-corrected chi connectivity index (χ4v) is 3.59. The molecule has 0 saturated carbocycles. The molecule has 26 heavy (non-hydrogen) atoms. The number of rotatable bonds is 6. The Labute approximate surface area is 159 Å².